The quantitative estimate of drug-likeness (QED) is 0.838. The normalized spacial score (nSPS) is 20.9. The summed E-state index contributed by atoms with van der Waals surface area (Å²) < 4.78 is 10.7. The minimum atomic E-state index is -0.412. The van der Waals surface area contributed by atoms with Crippen molar-refractivity contribution in [2.75, 3.05) is 13.2 Å². The van der Waals surface area contributed by atoms with Crippen molar-refractivity contribution in [2.24, 2.45) is 11.8 Å². The second-order valence-corrected chi connectivity index (χ2v) is 6.70. The van der Waals surface area contributed by atoms with Crippen molar-refractivity contribution in [3.05, 3.63) is 28.8 Å². The van der Waals surface area contributed by atoms with E-state index in [0.717, 1.165) is 24.2 Å². The molecule has 0 bridgehead atoms. The molecule has 1 saturated carbocycles. The molecule has 1 aromatic carbocycles. The summed E-state index contributed by atoms with van der Waals surface area (Å²) in [7, 11) is 0. The van der Waals surface area contributed by atoms with Crippen LogP contribution in [0.2, 0.25) is 5.02 Å². The molecule has 6 heteroatoms. The standard InChI is InChI=1S/C17H20ClNO4/c1-10(11-2-3-11)19-16(20)9-23-17(21)13-6-12-7-14(18)4-5-15(12)22-8-13/h4-5,7,10-11,13H,2-3,6,8-9H2,1H3,(H,19,20)/t10-,13-/m1/s1. The van der Waals surface area contributed by atoms with E-state index in [4.69, 9.17) is 21.1 Å². The van der Waals surface area contributed by atoms with Crippen LogP contribution >= 0.6 is 11.6 Å². The van der Waals surface area contributed by atoms with Crippen molar-refractivity contribution in [2.45, 2.75) is 32.2 Å². The molecular weight excluding hydrogens is 318 g/mol. The molecule has 0 radical (unpaired) electrons. The average Bonchev–Trinajstić information content (AvgIpc) is 3.36. The average molecular weight is 338 g/mol. The van der Waals surface area contributed by atoms with Crippen molar-refractivity contribution >= 4 is 23.5 Å². The van der Waals surface area contributed by atoms with Crippen LogP contribution in [0.15, 0.2) is 18.2 Å². The van der Waals surface area contributed by atoms with Crippen LogP contribution in [0.4, 0.5) is 0 Å². The number of rotatable bonds is 5. The highest BCUT2D eigenvalue weighted by Gasteiger charge is 2.30. The van der Waals surface area contributed by atoms with Crippen molar-refractivity contribution < 1.29 is 19.1 Å². The molecule has 5 nitrogen and oxygen atoms in total. The third kappa shape index (κ3) is 4.16. The summed E-state index contributed by atoms with van der Waals surface area (Å²) in [5.41, 5.74) is 0.887. The highest BCUT2D eigenvalue weighted by Crippen LogP contribution is 2.32. The van der Waals surface area contributed by atoms with Crippen LogP contribution < -0.4 is 10.1 Å². The molecule has 3 rings (SSSR count). The Labute approximate surface area is 140 Å². The Morgan fingerprint density at radius 1 is 1.43 bits per heavy atom. The van der Waals surface area contributed by atoms with Crippen LogP contribution in [-0.2, 0) is 20.7 Å². The van der Waals surface area contributed by atoms with Crippen molar-refractivity contribution in [1.29, 1.82) is 0 Å². The fourth-order valence-corrected chi connectivity index (χ4v) is 2.97. The molecule has 2 atom stereocenters. The fourth-order valence-electron chi connectivity index (χ4n) is 2.78. The second-order valence-electron chi connectivity index (χ2n) is 6.27. The van der Waals surface area contributed by atoms with Gasteiger partial charge in [-0.05, 0) is 55.9 Å². The fraction of sp³-hybridized carbons (Fsp3) is 0.529. The van der Waals surface area contributed by atoms with Gasteiger partial charge in [0.15, 0.2) is 6.61 Å². The number of esters is 1. The second kappa shape index (κ2) is 6.79. The number of nitrogens with one attached hydrogen (secondary N) is 1. The number of amides is 1. The maximum atomic E-state index is 12.1. The van der Waals surface area contributed by atoms with E-state index >= 15 is 0 Å². The van der Waals surface area contributed by atoms with Gasteiger partial charge in [0.05, 0.1) is 5.92 Å². The molecule has 2 aliphatic rings. The molecule has 1 aliphatic carbocycles. The molecule has 1 amide bonds. The summed E-state index contributed by atoms with van der Waals surface area (Å²) in [5.74, 6) is 0.245. The van der Waals surface area contributed by atoms with Gasteiger partial charge in [0.1, 0.15) is 12.4 Å². The molecule has 1 heterocycles. The molecular formula is C17H20ClNO4. The van der Waals surface area contributed by atoms with E-state index in [1.54, 1.807) is 18.2 Å². The Kier molecular flexibility index (Phi) is 4.76. The number of fused-ring (bicyclic) bond motifs is 1. The Bertz CT molecular complexity index is 615. The summed E-state index contributed by atoms with van der Waals surface area (Å²) in [6.07, 6.45) is 2.82. The van der Waals surface area contributed by atoms with Crippen LogP contribution in [0.1, 0.15) is 25.3 Å². The smallest absolute Gasteiger partial charge is 0.313 e. The van der Waals surface area contributed by atoms with Gasteiger partial charge in [-0.1, -0.05) is 11.6 Å². The Hall–Kier alpha value is -1.75. The summed E-state index contributed by atoms with van der Waals surface area (Å²) in [6, 6.07) is 5.49. The first kappa shape index (κ1) is 16.1. The zero-order valence-corrected chi connectivity index (χ0v) is 13.8. The van der Waals surface area contributed by atoms with E-state index < -0.39 is 11.9 Å². The van der Waals surface area contributed by atoms with E-state index in [2.05, 4.69) is 5.32 Å². The minimum absolute atomic E-state index is 0.147. The molecule has 23 heavy (non-hydrogen) atoms. The van der Waals surface area contributed by atoms with Gasteiger partial charge in [0, 0.05) is 11.1 Å². The lowest BCUT2D eigenvalue weighted by atomic mass is 9.97. The Morgan fingerprint density at radius 3 is 2.96 bits per heavy atom. The summed E-state index contributed by atoms with van der Waals surface area (Å²) in [5, 5.41) is 3.46. The first-order valence-corrected chi connectivity index (χ1v) is 8.28. The molecule has 1 aliphatic heterocycles. The van der Waals surface area contributed by atoms with Gasteiger partial charge in [-0.3, -0.25) is 9.59 Å². The van der Waals surface area contributed by atoms with Crippen LogP contribution in [0.5, 0.6) is 5.75 Å². The van der Waals surface area contributed by atoms with E-state index in [0.29, 0.717) is 17.4 Å². The van der Waals surface area contributed by atoms with Crippen LogP contribution in [0.25, 0.3) is 0 Å². The van der Waals surface area contributed by atoms with Crippen molar-refractivity contribution in [3.8, 4) is 5.75 Å². The third-order valence-electron chi connectivity index (χ3n) is 4.33. The first-order valence-electron chi connectivity index (χ1n) is 7.90. The number of ether oxygens (including phenoxy) is 2. The lowest BCUT2D eigenvalue weighted by Crippen LogP contribution is -2.38. The highest BCUT2D eigenvalue weighted by molar-refractivity contribution is 6.30. The minimum Gasteiger partial charge on any atom is -0.492 e. The maximum Gasteiger partial charge on any atom is 0.313 e. The Balaban J connectivity index is 1.48. The molecule has 1 N–H and O–H groups in total. The van der Waals surface area contributed by atoms with E-state index in [9.17, 15) is 9.59 Å². The van der Waals surface area contributed by atoms with E-state index in [1.165, 1.54) is 0 Å². The van der Waals surface area contributed by atoms with Crippen LogP contribution in [0.3, 0.4) is 0 Å². The van der Waals surface area contributed by atoms with Gasteiger partial charge in [0.2, 0.25) is 0 Å². The van der Waals surface area contributed by atoms with Gasteiger partial charge in [0.25, 0.3) is 5.91 Å². The van der Waals surface area contributed by atoms with Gasteiger partial charge in [-0.15, -0.1) is 0 Å². The maximum absolute atomic E-state index is 12.1. The van der Waals surface area contributed by atoms with Gasteiger partial charge in [-0.25, -0.2) is 0 Å². The number of hydrogen-bond donors (Lipinski definition) is 1. The zero-order valence-electron chi connectivity index (χ0n) is 13.0. The molecule has 0 unspecified atom stereocenters. The molecule has 1 aromatic rings. The lowest BCUT2D eigenvalue weighted by Gasteiger charge is -2.24. The molecule has 0 saturated heterocycles. The zero-order chi connectivity index (χ0) is 16.4. The molecule has 0 spiro atoms. The van der Waals surface area contributed by atoms with Crippen molar-refractivity contribution in [1.82, 2.24) is 5.32 Å². The summed E-state index contributed by atoms with van der Waals surface area (Å²) in [6.45, 7) is 2.00. The third-order valence-corrected chi connectivity index (χ3v) is 4.56. The predicted octanol–water partition coefficient (Wildman–Crippen LogP) is 2.35. The SMILES string of the molecule is C[C@@H](NC(=O)COC(=O)[C@H]1COc2ccc(Cl)cc2C1)C1CC1. The molecule has 124 valence electrons. The number of carbonyl (C=O) groups is 2. The van der Waals surface area contributed by atoms with Crippen molar-refractivity contribution in [3.63, 3.8) is 0 Å². The van der Waals surface area contributed by atoms with E-state index in [-0.39, 0.29) is 25.2 Å². The molecule has 0 aromatic heterocycles. The van der Waals surface area contributed by atoms with Gasteiger partial charge in [-0.2, -0.15) is 0 Å². The largest absolute Gasteiger partial charge is 0.492 e. The topological polar surface area (TPSA) is 64.6 Å². The number of halogens is 1. The summed E-state index contributed by atoms with van der Waals surface area (Å²) in [4.78, 5) is 23.9. The Morgan fingerprint density at radius 2 is 2.22 bits per heavy atom. The lowest BCUT2D eigenvalue weighted by molar-refractivity contribution is -0.154. The van der Waals surface area contributed by atoms with Gasteiger partial charge >= 0.3 is 5.97 Å². The van der Waals surface area contributed by atoms with Crippen LogP contribution in [-0.4, -0.2) is 31.1 Å². The summed E-state index contributed by atoms with van der Waals surface area (Å²) >= 11 is 5.96. The van der Waals surface area contributed by atoms with E-state index in [1.807, 2.05) is 6.92 Å². The van der Waals surface area contributed by atoms with Gasteiger partial charge < -0.3 is 14.8 Å². The van der Waals surface area contributed by atoms with Crippen LogP contribution in [0, 0.1) is 11.8 Å². The predicted molar refractivity (Wildman–Crippen MR) is 85.4 cm³/mol. The first-order chi connectivity index (χ1) is 11.0. The highest BCUT2D eigenvalue weighted by atomic mass is 35.5. The number of carbonyl (C=O) groups excluding carboxylic acids is 2. The number of hydrogen-bond acceptors (Lipinski definition) is 4. The number of benzene rings is 1. The molecule has 1 fully saturated rings. The monoisotopic (exact) mass is 337 g/mol.